The van der Waals surface area contributed by atoms with Gasteiger partial charge in [-0.15, -0.1) is 0 Å². The second-order valence-corrected chi connectivity index (χ2v) is 11.8. The summed E-state index contributed by atoms with van der Waals surface area (Å²) >= 11 is 0. The van der Waals surface area contributed by atoms with E-state index in [4.69, 9.17) is 0 Å². The number of aryl methyl sites for hydroxylation is 1. The molecule has 0 aliphatic carbocycles. The van der Waals surface area contributed by atoms with Crippen molar-refractivity contribution in [3.63, 3.8) is 0 Å². The average molecular weight is 536 g/mol. The number of hydrogen-bond acceptors (Lipinski definition) is 4. The summed E-state index contributed by atoms with van der Waals surface area (Å²) in [6.07, 6.45) is 1.76. The van der Waals surface area contributed by atoms with Crippen LogP contribution in [0.1, 0.15) is 57.6 Å². The van der Waals surface area contributed by atoms with Crippen molar-refractivity contribution in [3.05, 3.63) is 71.8 Å². The van der Waals surface area contributed by atoms with Gasteiger partial charge in [0.1, 0.15) is 6.04 Å². The minimum Gasteiger partial charge on any atom is -0.352 e. The van der Waals surface area contributed by atoms with Crippen LogP contribution in [0, 0.1) is 6.92 Å². The Hall–Kier alpha value is -3.39. The summed E-state index contributed by atoms with van der Waals surface area (Å²) in [6, 6.07) is 18.1. The highest BCUT2D eigenvalue weighted by atomic mass is 32.2. The molecule has 0 bridgehead atoms. The predicted molar refractivity (Wildman–Crippen MR) is 151 cm³/mol. The third-order valence-corrected chi connectivity index (χ3v) is 9.28. The molecule has 0 fully saturated rings. The fourth-order valence-electron chi connectivity index (χ4n) is 5.05. The summed E-state index contributed by atoms with van der Waals surface area (Å²) < 4.78 is 28.0. The molecule has 202 valence electrons. The van der Waals surface area contributed by atoms with Crippen LogP contribution in [0.2, 0.25) is 0 Å². The third kappa shape index (κ3) is 5.41. The van der Waals surface area contributed by atoms with E-state index in [9.17, 15) is 18.0 Å². The van der Waals surface area contributed by atoms with E-state index in [1.165, 1.54) is 4.31 Å². The first kappa shape index (κ1) is 27.6. The number of rotatable bonds is 11. The highest BCUT2D eigenvalue weighted by molar-refractivity contribution is 7.93. The molecule has 8 heteroatoms. The maximum Gasteiger partial charge on any atom is 0.265 e. The summed E-state index contributed by atoms with van der Waals surface area (Å²) in [6.45, 7) is 8.38. The first-order valence-corrected chi connectivity index (χ1v) is 14.8. The van der Waals surface area contributed by atoms with E-state index in [0.29, 0.717) is 30.0 Å². The van der Waals surface area contributed by atoms with Crippen molar-refractivity contribution in [1.82, 2.24) is 10.2 Å². The Bertz CT molecular complexity index is 1430. The van der Waals surface area contributed by atoms with Gasteiger partial charge in [-0.3, -0.25) is 13.9 Å². The highest BCUT2D eigenvalue weighted by Gasteiger charge is 2.35. The van der Waals surface area contributed by atoms with Crippen molar-refractivity contribution in [1.29, 1.82) is 0 Å². The first-order chi connectivity index (χ1) is 18.2. The molecule has 0 saturated carbocycles. The Kier molecular flexibility index (Phi) is 8.41. The Morgan fingerprint density at radius 2 is 1.68 bits per heavy atom. The minimum absolute atomic E-state index is 0.0108. The smallest absolute Gasteiger partial charge is 0.265 e. The normalized spacial score (nSPS) is 15.3. The number of nitrogens with one attached hydrogen (secondary N) is 1. The van der Waals surface area contributed by atoms with Crippen molar-refractivity contribution >= 4 is 38.3 Å². The van der Waals surface area contributed by atoms with E-state index in [2.05, 4.69) is 5.32 Å². The number of benzene rings is 3. The van der Waals surface area contributed by atoms with Crippen LogP contribution in [0.3, 0.4) is 0 Å². The molecule has 3 aromatic rings. The van der Waals surface area contributed by atoms with Crippen molar-refractivity contribution in [2.24, 2.45) is 0 Å². The number of carbonyl (C=O) groups is 2. The van der Waals surface area contributed by atoms with Crippen LogP contribution in [0.4, 0.5) is 5.69 Å². The summed E-state index contributed by atoms with van der Waals surface area (Å²) in [7, 11) is -3.68. The molecule has 0 radical (unpaired) electrons. The second kappa shape index (κ2) is 11.6. The second-order valence-electron chi connectivity index (χ2n) is 10.0. The van der Waals surface area contributed by atoms with Crippen LogP contribution >= 0.6 is 0 Å². The topological polar surface area (TPSA) is 86.8 Å². The van der Waals surface area contributed by atoms with Gasteiger partial charge in [0.15, 0.2) is 0 Å². The predicted octanol–water partition coefficient (Wildman–Crippen LogP) is 5.16. The lowest BCUT2D eigenvalue weighted by atomic mass is 10.0. The van der Waals surface area contributed by atoms with E-state index < -0.39 is 16.1 Å². The number of sulfonamides is 1. The lowest BCUT2D eigenvalue weighted by molar-refractivity contribution is -0.141. The third-order valence-electron chi connectivity index (χ3n) is 7.42. The summed E-state index contributed by atoms with van der Waals surface area (Å²) in [5, 5.41) is 4.64. The molecule has 1 aliphatic heterocycles. The zero-order valence-corrected chi connectivity index (χ0v) is 23.4. The molecule has 1 N–H and O–H groups in total. The lowest BCUT2D eigenvalue weighted by Crippen LogP contribution is -2.50. The maximum atomic E-state index is 13.6. The fraction of sp³-hybridized carbons (Fsp3) is 0.400. The van der Waals surface area contributed by atoms with Crippen LogP contribution in [-0.4, -0.2) is 43.8 Å². The average Bonchev–Trinajstić information content (AvgIpc) is 3.12. The number of anilines is 1. The number of amides is 2. The molecule has 2 unspecified atom stereocenters. The van der Waals surface area contributed by atoms with Gasteiger partial charge in [0.25, 0.3) is 10.0 Å². The van der Waals surface area contributed by atoms with Gasteiger partial charge in [-0.05, 0) is 61.8 Å². The van der Waals surface area contributed by atoms with Crippen molar-refractivity contribution in [2.75, 3.05) is 10.8 Å². The number of nitrogens with zero attached hydrogens (tertiary/aromatic N) is 2. The van der Waals surface area contributed by atoms with Crippen LogP contribution in [-0.2, 0) is 26.2 Å². The zero-order chi connectivity index (χ0) is 27.4. The SMILES string of the molecule is CCC(C)NC(=O)C(CC)N(Cc1ccccc1C)C(=O)CCCN1c2cccc3cccc(c23)S1(=O)=O. The fourth-order valence-corrected chi connectivity index (χ4v) is 6.80. The molecule has 2 amide bonds. The van der Waals surface area contributed by atoms with E-state index in [-0.39, 0.29) is 30.8 Å². The summed E-state index contributed by atoms with van der Waals surface area (Å²) in [5.74, 6) is -0.320. The largest absolute Gasteiger partial charge is 0.352 e. The van der Waals surface area contributed by atoms with Gasteiger partial charge in [-0.2, -0.15) is 0 Å². The van der Waals surface area contributed by atoms with E-state index >= 15 is 0 Å². The van der Waals surface area contributed by atoms with E-state index in [1.54, 1.807) is 17.0 Å². The van der Waals surface area contributed by atoms with Crippen molar-refractivity contribution in [2.45, 2.75) is 76.9 Å². The Labute approximate surface area is 225 Å². The standard InChI is InChI=1S/C30H37N3O4S/c1-5-22(4)31-30(35)25(6-2)32(20-24-13-8-7-12-21(24)3)28(34)18-11-19-33-26-16-9-14-23-15-10-17-27(29(23)26)38(33,36)37/h7-10,12-17,22,25H,5-6,11,18-20H2,1-4H3,(H,31,35). The van der Waals surface area contributed by atoms with Gasteiger partial charge < -0.3 is 10.2 Å². The maximum absolute atomic E-state index is 13.6. The molecule has 0 spiro atoms. The molecule has 2 atom stereocenters. The zero-order valence-electron chi connectivity index (χ0n) is 22.6. The molecular weight excluding hydrogens is 498 g/mol. The molecule has 3 aromatic carbocycles. The van der Waals surface area contributed by atoms with Gasteiger partial charge in [0.2, 0.25) is 11.8 Å². The van der Waals surface area contributed by atoms with Gasteiger partial charge in [-0.1, -0.05) is 62.4 Å². The molecule has 7 nitrogen and oxygen atoms in total. The Morgan fingerprint density at radius 3 is 2.37 bits per heavy atom. The molecule has 1 heterocycles. The van der Waals surface area contributed by atoms with E-state index in [1.807, 2.05) is 76.2 Å². The molecule has 4 rings (SSSR count). The lowest BCUT2D eigenvalue weighted by Gasteiger charge is -2.32. The molecule has 0 aromatic heterocycles. The van der Waals surface area contributed by atoms with Crippen LogP contribution in [0.25, 0.3) is 10.8 Å². The monoisotopic (exact) mass is 535 g/mol. The molecule has 0 saturated heterocycles. The van der Waals surface area contributed by atoms with Gasteiger partial charge in [-0.25, -0.2) is 8.42 Å². The molecule has 1 aliphatic rings. The first-order valence-electron chi connectivity index (χ1n) is 13.4. The Morgan fingerprint density at radius 1 is 0.974 bits per heavy atom. The van der Waals surface area contributed by atoms with Crippen LogP contribution in [0.15, 0.2) is 65.6 Å². The quantitative estimate of drug-likeness (QED) is 0.368. The van der Waals surface area contributed by atoms with Gasteiger partial charge in [0.05, 0.1) is 10.6 Å². The minimum atomic E-state index is -3.68. The summed E-state index contributed by atoms with van der Waals surface area (Å²) in [5.41, 5.74) is 2.69. The highest BCUT2D eigenvalue weighted by Crippen LogP contribution is 2.42. The van der Waals surface area contributed by atoms with Crippen LogP contribution < -0.4 is 9.62 Å². The van der Waals surface area contributed by atoms with Crippen molar-refractivity contribution in [3.8, 4) is 0 Å². The molecular formula is C30H37N3O4S. The van der Waals surface area contributed by atoms with E-state index in [0.717, 1.165) is 28.3 Å². The summed E-state index contributed by atoms with van der Waals surface area (Å²) in [4.78, 5) is 28.8. The molecule has 38 heavy (non-hydrogen) atoms. The van der Waals surface area contributed by atoms with Crippen molar-refractivity contribution < 1.29 is 18.0 Å². The Balaban J connectivity index is 1.53. The number of carbonyl (C=O) groups excluding carboxylic acids is 2. The van der Waals surface area contributed by atoms with Gasteiger partial charge in [0, 0.05) is 30.9 Å². The van der Waals surface area contributed by atoms with Gasteiger partial charge >= 0.3 is 0 Å². The van der Waals surface area contributed by atoms with Crippen LogP contribution in [0.5, 0.6) is 0 Å². The number of hydrogen-bond donors (Lipinski definition) is 1.